The number of amides is 2. The summed E-state index contributed by atoms with van der Waals surface area (Å²) < 4.78 is 22.5. The largest absolute Gasteiger partial charge is 0.378 e. The van der Waals surface area contributed by atoms with Gasteiger partial charge in [0.1, 0.15) is 18.2 Å². The Labute approximate surface area is 226 Å². The van der Waals surface area contributed by atoms with Crippen LogP contribution in [0, 0.1) is 12.7 Å². The molecule has 2 aromatic carbocycles. The van der Waals surface area contributed by atoms with Crippen LogP contribution in [0.25, 0.3) is 5.69 Å². The van der Waals surface area contributed by atoms with Crippen LogP contribution in [0.15, 0.2) is 48.5 Å². The molecule has 0 spiro atoms. The van der Waals surface area contributed by atoms with Crippen LogP contribution in [0.1, 0.15) is 48.4 Å². The third-order valence-electron chi connectivity index (χ3n) is 6.99. The maximum Gasteiger partial charge on any atom is 0.242 e. The number of carbonyl (C=O) groups is 2. The van der Waals surface area contributed by atoms with Crippen molar-refractivity contribution in [2.45, 2.75) is 38.4 Å². The molecule has 0 bridgehead atoms. The minimum Gasteiger partial charge on any atom is -0.378 e. The molecule has 5 rings (SSSR count). The summed E-state index contributed by atoms with van der Waals surface area (Å²) in [6.45, 7) is 10.0. The van der Waals surface area contributed by atoms with Crippen molar-refractivity contribution in [3.63, 3.8) is 0 Å². The summed E-state index contributed by atoms with van der Waals surface area (Å²) in [5.41, 5.74) is 3.43. The first-order valence-corrected chi connectivity index (χ1v) is 13.9. The van der Waals surface area contributed by atoms with Gasteiger partial charge in [0.2, 0.25) is 11.8 Å². The van der Waals surface area contributed by atoms with E-state index in [9.17, 15) is 9.59 Å². The molecule has 1 aromatic heterocycles. The van der Waals surface area contributed by atoms with Crippen LogP contribution < -0.4 is 4.90 Å². The maximum absolute atomic E-state index is 15.3. The highest BCUT2D eigenvalue weighted by Gasteiger charge is 2.41. The van der Waals surface area contributed by atoms with E-state index in [-0.39, 0.29) is 29.9 Å². The number of hydrogen-bond donors (Lipinski definition) is 0. The van der Waals surface area contributed by atoms with Gasteiger partial charge in [0.25, 0.3) is 0 Å². The Kier molecular flexibility index (Phi) is 7.33. The first kappa shape index (κ1) is 26.4. The number of halogens is 1. The highest BCUT2D eigenvalue weighted by atomic mass is 32.2. The van der Waals surface area contributed by atoms with Crippen molar-refractivity contribution in [1.82, 2.24) is 14.7 Å². The predicted octanol–water partition coefficient (Wildman–Crippen LogP) is 4.65. The van der Waals surface area contributed by atoms with Crippen LogP contribution in [0.2, 0.25) is 0 Å². The fourth-order valence-corrected chi connectivity index (χ4v) is 6.24. The summed E-state index contributed by atoms with van der Waals surface area (Å²) >= 11 is 1.38. The van der Waals surface area contributed by atoms with Gasteiger partial charge in [0, 0.05) is 29.6 Å². The molecule has 7 nitrogen and oxygen atoms in total. The Hall–Kier alpha value is -3.17. The first-order chi connectivity index (χ1) is 18.2. The normalized spacial score (nSPS) is 18.3. The fourth-order valence-electron chi connectivity index (χ4n) is 5.02. The second-order valence-electron chi connectivity index (χ2n) is 10.7. The van der Waals surface area contributed by atoms with Crippen molar-refractivity contribution in [2.24, 2.45) is 0 Å². The zero-order valence-corrected chi connectivity index (χ0v) is 23.1. The third kappa shape index (κ3) is 4.97. The molecule has 1 fully saturated rings. The van der Waals surface area contributed by atoms with Gasteiger partial charge in [-0.1, -0.05) is 57.2 Å². The summed E-state index contributed by atoms with van der Waals surface area (Å²) in [4.78, 5) is 30.5. The van der Waals surface area contributed by atoms with E-state index in [1.807, 2.05) is 37.3 Å². The van der Waals surface area contributed by atoms with Gasteiger partial charge in [0.05, 0.1) is 35.6 Å². The zero-order chi connectivity index (χ0) is 27.0. The molecule has 38 heavy (non-hydrogen) atoms. The number of benzene rings is 2. The van der Waals surface area contributed by atoms with Gasteiger partial charge in [0.15, 0.2) is 0 Å². The quantitative estimate of drug-likeness (QED) is 0.486. The lowest BCUT2D eigenvalue weighted by atomic mass is 9.87. The molecular weight excluding hydrogens is 503 g/mol. The number of nitrogens with zero attached hydrogens (tertiary/aromatic N) is 4. The van der Waals surface area contributed by atoms with E-state index in [1.54, 1.807) is 26.6 Å². The summed E-state index contributed by atoms with van der Waals surface area (Å²) in [6, 6.07) is 14.5. The highest BCUT2D eigenvalue weighted by molar-refractivity contribution is 8.00. The molecular formula is C29H33FN4O3S. The Morgan fingerprint density at radius 1 is 1.11 bits per heavy atom. The monoisotopic (exact) mass is 536 g/mol. The number of morpholine rings is 1. The van der Waals surface area contributed by atoms with Crippen molar-refractivity contribution in [3.05, 3.63) is 76.7 Å². The van der Waals surface area contributed by atoms with E-state index in [0.29, 0.717) is 37.7 Å². The van der Waals surface area contributed by atoms with Gasteiger partial charge >= 0.3 is 0 Å². The molecule has 0 aliphatic carbocycles. The fraction of sp³-hybridized carbons (Fsp3) is 0.414. The molecule has 2 aliphatic rings. The van der Waals surface area contributed by atoms with Crippen LogP contribution in [0.3, 0.4) is 0 Å². The topological polar surface area (TPSA) is 67.7 Å². The van der Waals surface area contributed by atoms with Crippen LogP contribution in [-0.2, 0) is 19.7 Å². The van der Waals surface area contributed by atoms with Crippen molar-refractivity contribution in [1.29, 1.82) is 0 Å². The van der Waals surface area contributed by atoms with Crippen molar-refractivity contribution < 1.29 is 18.7 Å². The van der Waals surface area contributed by atoms with E-state index < -0.39 is 10.7 Å². The van der Waals surface area contributed by atoms with E-state index >= 15 is 4.39 Å². The lowest BCUT2D eigenvalue weighted by molar-refractivity contribution is -0.134. The van der Waals surface area contributed by atoms with Crippen LogP contribution in [0.5, 0.6) is 0 Å². The highest BCUT2D eigenvalue weighted by Crippen LogP contribution is 2.49. The molecule has 1 unspecified atom stereocenters. The van der Waals surface area contributed by atoms with Gasteiger partial charge in [-0.25, -0.2) is 9.07 Å². The standard InChI is InChI=1S/C29H33FN4O3S/c1-19-9-5-8-12-22(19)34-28-25(27(31-34)29(2,3)4)26(20-10-6-7-11-21(20)30)38-18-24(36)33(28)17-23(35)32-13-15-37-16-14-32/h5-12,26H,13-18H2,1-4H3. The number of ether oxygens (including phenoxy) is 1. The number of aryl methyl sites for hydroxylation is 1. The Bertz CT molecular complexity index is 1360. The molecule has 1 saturated heterocycles. The van der Waals surface area contributed by atoms with Crippen LogP contribution >= 0.6 is 11.8 Å². The molecule has 200 valence electrons. The second-order valence-corrected chi connectivity index (χ2v) is 11.8. The molecule has 3 aromatic rings. The lowest BCUT2D eigenvalue weighted by Gasteiger charge is -2.30. The van der Waals surface area contributed by atoms with Gasteiger partial charge in [-0.15, -0.1) is 11.8 Å². The minimum absolute atomic E-state index is 0.113. The van der Waals surface area contributed by atoms with Crippen molar-refractivity contribution in [3.8, 4) is 5.69 Å². The SMILES string of the molecule is Cc1ccccc1-n1nc(C(C)(C)C)c2c1N(CC(=O)N1CCOCC1)C(=O)CSC2c1ccccc1F. The van der Waals surface area contributed by atoms with Gasteiger partial charge in [-0.05, 0) is 24.6 Å². The number of hydrogen-bond acceptors (Lipinski definition) is 5. The number of anilines is 1. The Morgan fingerprint density at radius 3 is 2.47 bits per heavy atom. The molecule has 0 N–H and O–H groups in total. The van der Waals surface area contributed by atoms with Crippen molar-refractivity contribution in [2.75, 3.05) is 43.5 Å². The number of para-hydroxylation sites is 1. The molecule has 0 saturated carbocycles. The molecule has 3 heterocycles. The summed E-state index contributed by atoms with van der Waals surface area (Å²) in [6.07, 6.45) is 0. The molecule has 2 aliphatic heterocycles. The lowest BCUT2D eigenvalue weighted by Crippen LogP contribution is -2.48. The van der Waals surface area contributed by atoms with E-state index in [0.717, 1.165) is 22.5 Å². The number of rotatable bonds is 4. The van der Waals surface area contributed by atoms with Crippen LogP contribution in [-0.4, -0.2) is 65.1 Å². The Balaban J connectivity index is 1.75. The van der Waals surface area contributed by atoms with Crippen LogP contribution in [0.4, 0.5) is 10.2 Å². The zero-order valence-electron chi connectivity index (χ0n) is 22.2. The van der Waals surface area contributed by atoms with E-state index in [4.69, 9.17) is 9.84 Å². The number of thioether (sulfide) groups is 1. The predicted molar refractivity (Wildman–Crippen MR) is 147 cm³/mol. The summed E-state index contributed by atoms with van der Waals surface area (Å²) in [5, 5.41) is 4.62. The average molecular weight is 537 g/mol. The first-order valence-electron chi connectivity index (χ1n) is 12.9. The Morgan fingerprint density at radius 2 is 1.79 bits per heavy atom. The smallest absolute Gasteiger partial charge is 0.242 e. The van der Waals surface area contributed by atoms with Gasteiger partial charge in [-0.3, -0.25) is 14.5 Å². The van der Waals surface area contributed by atoms with Gasteiger partial charge < -0.3 is 9.64 Å². The van der Waals surface area contributed by atoms with Gasteiger partial charge in [-0.2, -0.15) is 5.10 Å². The molecule has 9 heteroatoms. The molecule has 1 atom stereocenters. The summed E-state index contributed by atoms with van der Waals surface area (Å²) in [7, 11) is 0. The minimum atomic E-state index is -0.467. The molecule has 0 radical (unpaired) electrons. The van der Waals surface area contributed by atoms with E-state index in [1.165, 1.54) is 17.8 Å². The number of carbonyl (C=O) groups excluding carboxylic acids is 2. The number of aromatic nitrogens is 2. The summed E-state index contributed by atoms with van der Waals surface area (Å²) in [5.74, 6) is -0.0240. The van der Waals surface area contributed by atoms with Crippen molar-refractivity contribution >= 4 is 29.4 Å². The maximum atomic E-state index is 15.3. The average Bonchev–Trinajstić information content (AvgIpc) is 3.23. The molecule has 2 amide bonds. The van der Waals surface area contributed by atoms with E-state index in [2.05, 4.69) is 20.8 Å². The number of fused-ring (bicyclic) bond motifs is 1. The third-order valence-corrected chi connectivity index (χ3v) is 8.22. The second kappa shape index (κ2) is 10.5.